The van der Waals surface area contributed by atoms with E-state index in [1.54, 1.807) is 24.3 Å². The smallest absolute Gasteiger partial charge is 0.255 e. The minimum atomic E-state index is -0.253. The van der Waals surface area contributed by atoms with Crippen molar-refractivity contribution in [3.63, 3.8) is 0 Å². The number of nitrogens with zero attached hydrogens (tertiary/aromatic N) is 3. The maximum absolute atomic E-state index is 12.6. The fourth-order valence-electron chi connectivity index (χ4n) is 2.77. The first-order valence-corrected chi connectivity index (χ1v) is 9.64. The summed E-state index contributed by atoms with van der Waals surface area (Å²) in [5.41, 5.74) is 3.41. The lowest BCUT2D eigenvalue weighted by atomic mass is 9.97. The summed E-state index contributed by atoms with van der Waals surface area (Å²) in [5.74, 6) is -0.412. The molecule has 0 aliphatic heterocycles. The quantitative estimate of drug-likeness (QED) is 0.622. The van der Waals surface area contributed by atoms with E-state index in [9.17, 15) is 9.59 Å². The van der Waals surface area contributed by atoms with E-state index in [1.807, 2.05) is 16.8 Å². The Morgan fingerprint density at radius 2 is 1.75 bits per heavy atom. The maximum Gasteiger partial charge on any atom is 0.255 e. The molecule has 28 heavy (non-hydrogen) atoms. The number of carbonyl (C=O) groups is 2. The lowest BCUT2D eigenvalue weighted by Crippen LogP contribution is -2.16. The molecule has 0 spiro atoms. The summed E-state index contributed by atoms with van der Waals surface area (Å²) >= 11 is 3.54. The van der Waals surface area contributed by atoms with Crippen LogP contribution in [0.1, 0.15) is 38.1 Å². The Balaban J connectivity index is 1.81. The second kappa shape index (κ2) is 7.71. The van der Waals surface area contributed by atoms with Gasteiger partial charge in [-0.3, -0.25) is 9.59 Å². The number of hydrogen-bond donors (Lipinski definition) is 2. The molecule has 7 nitrogen and oxygen atoms in total. The van der Waals surface area contributed by atoms with Crippen molar-refractivity contribution < 1.29 is 9.59 Å². The van der Waals surface area contributed by atoms with E-state index in [2.05, 4.69) is 57.6 Å². The van der Waals surface area contributed by atoms with Crippen molar-refractivity contribution in [3.05, 3.63) is 46.4 Å². The van der Waals surface area contributed by atoms with Crippen LogP contribution >= 0.6 is 15.9 Å². The highest BCUT2D eigenvalue weighted by atomic mass is 79.9. The van der Waals surface area contributed by atoms with Gasteiger partial charge in [-0.1, -0.05) is 26.0 Å². The summed E-state index contributed by atoms with van der Waals surface area (Å²) in [6.45, 7) is 8.60. The second-order valence-corrected chi connectivity index (χ2v) is 8.61. The van der Waals surface area contributed by atoms with Crippen LogP contribution in [0.25, 0.3) is 11.0 Å². The number of carbonyl (C=O) groups excluding carboxylic acids is 2. The standard InChI is InChI=1S/C20H22BrN5O2/c1-12(27)22-14-7-5-13(6-8-14)19(28)23-15-9-10-16-18(17(15)21)24-25-26(16)11-20(2,3)4/h5-10H,11H2,1-4H3,(H,22,27)(H,23,28). The number of amides is 2. The summed E-state index contributed by atoms with van der Waals surface area (Å²) in [4.78, 5) is 23.7. The van der Waals surface area contributed by atoms with Crippen LogP contribution in [0.2, 0.25) is 0 Å². The SMILES string of the molecule is CC(=O)Nc1ccc(C(=O)Nc2ccc3c(nnn3CC(C)(C)C)c2Br)cc1. The van der Waals surface area contributed by atoms with Crippen LogP contribution in [-0.4, -0.2) is 26.8 Å². The Labute approximate surface area is 171 Å². The molecular weight excluding hydrogens is 422 g/mol. The first-order valence-electron chi connectivity index (χ1n) is 8.85. The van der Waals surface area contributed by atoms with Crippen molar-refractivity contribution in [2.75, 3.05) is 10.6 Å². The number of halogens is 1. The predicted octanol–water partition coefficient (Wildman–Crippen LogP) is 4.45. The molecule has 0 aliphatic carbocycles. The van der Waals surface area contributed by atoms with Crippen molar-refractivity contribution >= 4 is 50.2 Å². The molecule has 0 bridgehead atoms. The van der Waals surface area contributed by atoms with E-state index >= 15 is 0 Å². The van der Waals surface area contributed by atoms with Gasteiger partial charge in [-0.2, -0.15) is 0 Å². The lowest BCUT2D eigenvalue weighted by molar-refractivity contribution is -0.114. The number of nitrogens with one attached hydrogen (secondary N) is 2. The zero-order valence-corrected chi connectivity index (χ0v) is 17.8. The molecule has 2 aromatic carbocycles. The molecule has 1 aromatic heterocycles. The van der Waals surface area contributed by atoms with Crippen molar-refractivity contribution in [3.8, 4) is 0 Å². The molecule has 146 valence electrons. The Bertz CT molecular complexity index is 1040. The molecule has 0 aliphatic rings. The highest BCUT2D eigenvalue weighted by molar-refractivity contribution is 9.10. The summed E-state index contributed by atoms with van der Waals surface area (Å²) in [7, 11) is 0. The molecule has 0 saturated carbocycles. The number of rotatable bonds is 4. The first-order chi connectivity index (χ1) is 13.1. The van der Waals surface area contributed by atoms with Crippen molar-refractivity contribution in [1.29, 1.82) is 0 Å². The minimum Gasteiger partial charge on any atom is -0.326 e. The van der Waals surface area contributed by atoms with Gasteiger partial charge < -0.3 is 10.6 Å². The summed E-state index contributed by atoms with van der Waals surface area (Å²) in [5, 5.41) is 14.1. The van der Waals surface area contributed by atoms with E-state index in [0.29, 0.717) is 26.9 Å². The monoisotopic (exact) mass is 443 g/mol. The third kappa shape index (κ3) is 4.56. The van der Waals surface area contributed by atoms with Gasteiger partial charge in [0.1, 0.15) is 5.52 Å². The van der Waals surface area contributed by atoms with E-state index < -0.39 is 0 Å². The molecule has 2 N–H and O–H groups in total. The van der Waals surface area contributed by atoms with Crippen LogP contribution < -0.4 is 10.6 Å². The molecular formula is C20H22BrN5O2. The largest absolute Gasteiger partial charge is 0.326 e. The molecule has 8 heteroatoms. The summed E-state index contributed by atoms with van der Waals surface area (Å²) in [6, 6.07) is 10.4. The van der Waals surface area contributed by atoms with Crippen LogP contribution in [0.4, 0.5) is 11.4 Å². The summed E-state index contributed by atoms with van der Waals surface area (Å²) < 4.78 is 2.56. The zero-order chi connectivity index (χ0) is 20.5. The fraction of sp³-hybridized carbons (Fsp3) is 0.300. The van der Waals surface area contributed by atoms with Gasteiger partial charge in [0.25, 0.3) is 5.91 Å². The first kappa shape index (κ1) is 20.0. The van der Waals surface area contributed by atoms with Crippen LogP contribution in [0.15, 0.2) is 40.9 Å². The van der Waals surface area contributed by atoms with Gasteiger partial charge in [-0.25, -0.2) is 4.68 Å². The van der Waals surface area contributed by atoms with Gasteiger partial charge >= 0.3 is 0 Å². The maximum atomic E-state index is 12.6. The molecule has 0 radical (unpaired) electrons. The van der Waals surface area contributed by atoms with Gasteiger partial charge in [0.2, 0.25) is 5.91 Å². The third-order valence-electron chi connectivity index (χ3n) is 3.97. The highest BCUT2D eigenvalue weighted by Gasteiger charge is 2.18. The topological polar surface area (TPSA) is 88.9 Å². The average molecular weight is 444 g/mol. The highest BCUT2D eigenvalue weighted by Crippen LogP contribution is 2.31. The van der Waals surface area contributed by atoms with E-state index in [1.165, 1.54) is 6.92 Å². The lowest BCUT2D eigenvalue weighted by Gasteiger charge is -2.18. The van der Waals surface area contributed by atoms with E-state index in [4.69, 9.17) is 0 Å². The van der Waals surface area contributed by atoms with Gasteiger partial charge in [-0.05, 0) is 57.7 Å². The second-order valence-electron chi connectivity index (χ2n) is 7.82. The molecule has 1 heterocycles. The molecule has 0 saturated heterocycles. The molecule has 0 fully saturated rings. The molecule has 0 atom stereocenters. The number of aromatic nitrogens is 3. The number of benzene rings is 2. The van der Waals surface area contributed by atoms with Gasteiger partial charge in [0, 0.05) is 24.7 Å². The third-order valence-corrected chi connectivity index (χ3v) is 4.77. The molecule has 2 amide bonds. The molecule has 3 aromatic rings. The molecule has 0 unspecified atom stereocenters. The van der Waals surface area contributed by atoms with Gasteiger partial charge in [0.15, 0.2) is 0 Å². The predicted molar refractivity (Wildman–Crippen MR) is 113 cm³/mol. The Kier molecular flexibility index (Phi) is 5.51. The van der Waals surface area contributed by atoms with Crippen LogP contribution in [0, 0.1) is 5.41 Å². The normalized spacial score (nSPS) is 11.5. The van der Waals surface area contributed by atoms with Crippen LogP contribution in [0.3, 0.4) is 0 Å². The van der Waals surface area contributed by atoms with Gasteiger partial charge in [-0.15, -0.1) is 5.10 Å². The van der Waals surface area contributed by atoms with Crippen LogP contribution in [0.5, 0.6) is 0 Å². The van der Waals surface area contributed by atoms with Crippen LogP contribution in [-0.2, 0) is 11.3 Å². The van der Waals surface area contributed by atoms with Crippen molar-refractivity contribution in [1.82, 2.24) is 15.0 Å². The Morgan fingerprint density at radius 3 is 2.36 bits per heavy atom. The molecule has 3 rings (SSSR count). The zero-order valence-electron chi connectivity index (χ0n) is 16.2. The number of anilines is 2. The number of fused-ring (bicyclic) bond motifs is 1. The summed E-state index contributed by atoms with van der Waals surface area (Å²) in [6.07, 6.45) is 0. The Hall–Kier alpha value is -2.74. The average Bonchev–Trinajstić information content (AvgIpc) is 2.99. The Morgan fingerprint density at radius 1 is 1.07 bits per heavy atom. The van der Waals surface area contributed by atoms with E-state index in [0.717, 1.165) is 12.1 Å². The fourth-order valence-corrected chi connectivity index (χ4v) is 3.28. The van der Waals surface area contributed by atoms with Crippen molar-refractivity contribution in [2.24, 2.45) is 5.41 Å². The van der Waals surface area contributed by atoms with E-state index in [-0.39, 0.29) is 17.2 Å². The van der Waals surface area contributed by atoms with Gasteiger partial charge in [0.05, 0.1) is 15.7 Å². The number of hydrogen-bond acceptors (Lipinski definition) is 4. The van der Waals surface area contributed by atoms with Crippen molar-refractivity contribution in [2.45, 2.75) is 34.2 Å². The minimum absolute atomic E-state index is 0.0728.